The first-order valence-electron chi connectivity index (χ1n) is 8.48. The molecule has 1 heterocycles. The lowest BCUT2D eigenvalue weighted by Gasteiger charge is -2.31. The first kappa shape index (κ1) is 18.5. The second-order valence-corrected chi connectivity index (χ2v) is 7.08. The van der Waals surface area contributed by atoms with Gasteiger partial charge in [0.25, 0.3) is 0 Å². The Bertz CT molecular complexity index is 537. The van der Waals surface area contributed by atoms with Crippen molar-refractivity contribution in [2.75, 3.05) is 37.7 Å². The molecule has 0 radical (unpaired) electrons. The van der Waals surface area contributed by atoms with Crippen molar-refractivity contribution in [1.82, 2.24) is 5.32 Å². The summed E-state index contributed by atoms with van der Waals surface area (Å²) in [5.74, 6) is 0. The van der Waals surface area contributed by atoms with E-state index in [1.54, 1.807) is 0 Å². The molecule has 1 aliphatic heterocycles. The van der Waals surface area contributed by atoms with E-state index in [1.807, 2.05) is 32.9 Å². The molecule has 1 fully saturated rings. The summed E-state index contributed by atoms with van der Waals surface area (Å²) < 4.78 is 10.6. The molecule has 134 valence electrons. The lowest BCUT2D eigenvalue weighted by Crippen LogP contribution is -2.41. The minimum absolute atomic E-state index is 0.167. The van der Waals surface area contributed by atoms with Crippen molar-refractivity contribution in [2.24, 2.45) is 5.73 Å². The molecule has 1 unspecified atom stereocenters. The summed E-state index contributed by atoms with van der Waals surface area (Å²) in [6.07, 6.45) is 0.267. The maximum absolute atomic E-state index is 11.7. The van der Waals surface area contributed by atoms with E-state index in [1.165, 1.54) is 11.3 Å². The maximum Gasteiger partial charge on any atom is 0.407 e. The van der Waals surface area contributed by atoms with E-state index in [2.05, 4.69) is 22.3 Å². The summed E-state index contributed by atoms with van der Waals surface area (Å²) in [6.45, 7) is 9.18. The van der Waals surface area contributed by atoms with Crippen LogP contribution in [0.25, 0.3) is 0 Å². The molecule has 2 rings (SSSR count). The SMILES string of the molecule is CC(C)(C)OC(=O)NCC(N)Cc1ccccc1N1CCOCC1. The molecule has 1 atom stereocenters. The predicted molar refractivity (Wildman–Crippen MR) is 95.4 cm³/mol. The Morgan fingerprint density at radius 3 is 2.67 bits per heavy atom. The normalized spacial score (nSPS) is 16.6. The van der Waals surface area contributed by atoms with Gasteiger partial charge in [-0.25, -0.2) is 4.79 Å². The number of anilines is 1. The highest BCUT2D eigenvalue weighted by molar-refractivity contribution is 5.67. The Labute approximate surface area is 144 Å². The summed E-state index contributed by atoms with van der Waals surface area (Å²) >= 11 is 0. The maximum atomic E-state index is 11.7. The molecule has 1 aromatic rings. The van der Waals surface area contributed by atoms with Gasteiger partial charge in [-0.15, -0.1) is 0 Å². The summed E-state index contributed by atoms with van der Waals surface area (Å²) in [7, 11) is 0. The predicted octanol–water partition coefficient (Wildman–Crippen LogP) is 1.92. The van der Waals surface area contributed by atoms with Gasteiger partial charge in [-0.2, -0.15) is 0 Å². The van der Waals surface area contributed by atoms with Crippen molar-refractivity contribution in [2.45, 2.75) is 38.8 Å². The molecule has 1 aliphatic rings. The van der Waals surface area contributed by atoms with Crippen molar-refractivity contribution >= 4 is 11.8 Å². The molecule has 1 amide bonds. The molecule has 0 spiro atoms. The number of carbonyl (C=O) groups excluding carboxylic acids is 1. The number of amides is 1. The molecule has 6 heteroatoms. The highest BCUT2D eigenvalue weighted by atomic mass is 16.6. The zero-order valence-corrected chi connectivity index (χ0v) is 14.9. The Hall–Kier alpha value is -1.79. The van der Waals surface area contributed by atoms with Crippen molar-refractivity contribution in [3.05, 3.63) is 29.8 Å². The van der Waals surface area contributed by atoms with E-state index in [0.717, 1.165) is 26.3 Å². The summed E-state index contributed by atoms with van der Waals surface area (Å²) in [5, 5.41) is 2.74. The van der Waals surface area contributed by atoms with Gasteiger partial charge < -0.3 is 25.4 Å². The van der Waals surface area contributed by atoms with Crippen LogP contribution in [0.15, 0.2) is 24.3 Å². The molecule has 3 N–H and O–H groups in total. The molecular formula is C18H29N3O3. The van der Waals surface area contributed by atoms with Gasteiger partial charge >= 0.3 is 6.09 Å². The van der Waals surface area contributed by atoms with Crippen LogP contribution in [0.5, 0.6) is 0 Å². The van der Waals surface area contributed by atoms with Crippen molar-refractivity contribution in [3.63, 3.8) is 0 Å². The average molecular weight is 335 g/mol. The lowest BCUT2D eigenvalue weighted by molar-refractivity contribution is 0.0524. The second kappa shape index (κ2) is 8.35. The number of hydrogen-bond donors (Lipinski definition) is 2. The Morgan fingerprint density at radius 1 is 1.33 bits per heavy atom. The van der Waals surface area contributed by atoms with Crippen LogP contribution in [0.2, 0.25) is 0 Å². The highest BCUT2D eigenvalue weighted by Gasteiger charge is 2.18. The molecule has 0 saturated carbocycles. The fraction of sp³-hybridized carbons (Fsp3) is 0.611. The largest absolute Gasteiger partial charge is 0.444 e. The number of rotatable bonds is 5. The number of nitrogens with zero attached hydrogens (tertiary/aromatic N) is 1. The number of ether oxygens (including phenoxy) is 2. The standard InChI is InChI=1S/C18H29N3O3/c1-18(2,3)24-17(22)20-13-15(19)12-14-6-4-5-7-16(14)21-8-10-23-11-9-21/h4-7,15H,8-13,19H2,1-3H3,(H,20,22). The monoisotopic (exact) mass is 335 g/mol. The lowest BCUT2D eigenvalue weighted by atomic mass is 10.0. The molecule has 1 aromatic carbocycles. The van der Waals surface area contributed by atoms with Crippen molar-refractivity contribution in [1.29, 1.82) is 0 Å². The smallest absolute Gasteiger partial charge is 0.407 e. The van der Waals surface area contributed by atoms with Crippen molar-refractivity contribution < 1.29 is 14.3 Å². The van der Waals surface area contributed by atoms with E-state index < -0.39 is 11.7 Å². The van der Waals surface area contributed by atoms with Crippen LogP contribution >= 0.6 is 0 Å². The molecular weight excluding hydrogens is 306 g/mol. The van der Waals surface area contributed by atoms with E-state index in [4.69, 9.17) is 15.2 Å². The number of nitrogens with two attached hydrogens (primary N) is 1. The molecule has 0 aliphatic carbocycles. The van der Waals surface area contributed by atoms with Gasteiger partial charge in [0.15, 0.2) is 0 Å². The third-order valence-electron chi connectivity index (χ3n) is 3.73. The van der Waals surface area contributed by atoms with E-state index in [0.29, 0.717) is 13.0 Å². The number of alkyl carbamates (subject to hydrolysis) is 1. The van der Waals surface area contributed by atoms with E-state index >= 15 is 0 Å². The number of carbonyl (C=O) groups is 1. The summed E-state index contributed by atoms with van der Waals surface area (Å²) in [5.41, 5.74) is 8.09. The van der Waals surface area contributed by atoms with Gasteiger partial charge in [0, 0.05) is 31.4 Å². The first-order chi connectivity index (χ1) is 11.3. The van der Waals surface area contributed by atoms with Crippen LogP contribution in [0.4, 0.5) is 10.5 Å². The number of benzene rings is 1. The third-order valence-corrected chi connectivity index (χ3v) is 3.73. The van der Waals surface area contributed by atoms with Gasteiger partial charge in [-0.1, -0.05) is 18.2 Å². The fourth-order valence-electron chi connectivity index (χ4n) is 2.68. The van der Waals surface area contributed by atoms with Gasteiger partial charge in [0.1, 0.15) is 5.60 Å². The van der Waals surface area contributed by atoms with E-state index in [9.17, 15) is 4.79 Å². The van der Waals surface area contributed by atoms with Crippen LogP contribution < -0.4 is 16.0 Å². The minimum atomic E-state index is -0.503. The molecule has 1 saturated heterocycles. The van der Waals surface area contributed by atoms with Crippen LogP contribution in [-0.4, -0.2) is 50.6 Å². The Balaban J connectivity index is 1.89. The van der Waals surface area contributed by atoms with Crippen LogP contribution in [-0.2, 0) is 15.9 Å². The Kier molecular flexibility index (Phi) is 6.45. The third kappa shape index (κ3) is 6.02. The number of morpholine rings is 1. The number of hydrogen-bond acceptors (Lipinski definition) is 5. The van der Waals surface area contributed by atoms with E-state index in [-0.39, 0.29) is 6.04 Å². The topological polar surface area (TPSA) is 76.8 Å². The fourth-order valence-corrected chi connectivity index (χ4v) is 2.68. The first-order valence-corrected chi connectivity index (χ1v) is 8.48. The minimum Gasteiger partial charge on any atom is -0.444 e. The summed E-state index contributed by atoms with van der Waals surface area (Å²) in [6, 6.07) is 8.11. The van der Waals surface area contributed by atoms with Gasteiger partial charge in [0.05, 0.1) is 13.2 Å². The second-order valence-electron chi connectivity index (χ2n) is 7.08. The average Bonchev–Trinajstić information content (AvgIpc) is 2.53. The highest BCUT2D eigenvalue weighted by Crippen LogP contribution is 2.22. The van der Waals surface area contributed by atoms with Crippen LogP contribution in [0, 0.1) is 0 Å². The Morgan fingerprint density at radius 2 is 2.00 bits per heavy atom. The van der Waals surface area contributed by atoms with Gasteiger partial charge in [0.2, 0.25) is 0 Å². The quantitative estimate of drug-likeness (QED) is 0.860. The number of para-hydroxylation sites is 1. The zero-order chi connectivity index (χ0) is 17.6. The van der Waals surface area contributed by atoms with Gasteiger partial charge in [-0.3, -0.25) is 0 Å². The summed E-state index contributed by atoms with van der Waals surface area (Å²) in [4.78, 5) is 14.0. The molecule has 0 bridgehead atoms. The molecule has 0 aromatic heterocycles. The zero-order valence-electron chi connectivity index (χ0n) is 14.9. The molecule has 24 heavy (non-hydrogen) atoms. The van der Waals surface area contributed by atoms with Gasteiger partial charge in [-0.05, 0) is 38.8 Å². The van der Waals surface area contributed by atoms with Crippen molar-refractivity contribution in [3.8, 4) is 0 Å². The number of nitrogens with one attached hydrogen (secondary N) is 1. The van der Waals surface area contributed by atoms with Crippen LogP contribution in [0.3, 0.4) is 0 Å². The van der Waals surface area contributed by atoms with Crippen LogP contribution in [0.1, 0.15) is 26.3 Å². The molecule has 6 nitrogen and oxygen atoms in total.